The van der Waals surface area contributed by atoms with Gasteiger partial charge in [-0.15, -0.1) is 11.6 Å². The summed E-state index contributed by atoms with van der Waals surface area (Å²) in [4.78, 5) is 4.77. The Morgan fingerprint density at radius 1 is 1.40 bits per heavy atom. The van der Waals surface area contributed by atoms with Crippen LogP contribution in [0.1, 0.15) is 50.4 Å². The Hall–Kier alpha value is -0.670. The minimum Gasteiger partial charge on any atom is -0.322 e. The molecule has 1 fully saturated rings. The van der Waals surface area contributed by atoms with Gasteiger partial charge in [0.1, 0.15) is 5.82 Å². The van der Waals surface area contributed by atoms with E-state index in [2.05, 4.69) is 47.5 Å². The van der Waals surface area contributed by atoms with Crippen LogP contribution in [0.4, 0.5) is 0 Å². The maximum atomic E-state index is 6.39. The summed E-state index contributed by atoms with van der Waals surface area (Å²) in [7, 11) is 0. The monoisotopic (exact) mass is 308 g/mol. The molecule has 0 N–H and O–H groups in total. The summed E-state index contributed by atoms with van der Waals surface area (Å²) in [6, 6.07) is 8.96. The van der Waals surface area contributed by atoms with Crippen LogP contribution in [0.3, 0.4) is 0 Å². The normalized spacial score (nSPS) is 24.4. The molecule has 1 heterocycles. The molecule has 1 aromatic carbocycles. The topological polar surface area (TPSA) is 17.8 Å². The van der Waals surface area contributed by atoms with Crippen molar-refractivity contribution >= 4 is 34.4 Å². The second-order valence-electron chi connectivity index (χ2n) is 5.44. The van der Waals surface area contributed by atoms with Gasteiger partial charge in [-0.3, -0.25) is 0 Å². The number of rotatable bonds is 4. The zero-order chi connectivity index (χ0) is 14.1. The molecule has 0 saturated heterocycles. The highest BCUT2D eigenvalue weighted by molar-refractivity contribution is 7.99. The predicted molar refractivity (Wildman–Crippen MR) is 88.8 cm³/mol. The fourth-order valence-corrected chi connectivity index (χ4v) is 4.70. The summed E-state index contributed by atoms with van der Waals surface area (Å²) in [5, 5.41) is 0.655. The number of thioether (sulfide) groups is 1. The second-order valence-corrected chi connectivity index (χ2v) is 7.61. The minimum atomic E-state index is -0.0460. The van der Waals surface area contributed by atoms with E-state index in [1.807, 2.05) is 6.92 Å². The first-order chi connectivity index (χ1) is 9.72. The highest BCUT2D eigenvalue weighted by atomic mass is 35.5. The van der Waals surface area contributed by atoms with E-state index in [0.717, 1.165) is 11.3 Å². The fourth-order valence-electron chi connectivity index (χ4n) is 3.30. The number of alkyl halides is 1. The van der Waals surface area contributed by atoms with E-state index < -0.39 is 0 Å². The van der Waals surface area contributed by atoms with Crippen LogP contribution in [0.2, 0.25) is 0 Å². The zero-order valence-electron chi connectivity index (χ0n) is 12.1. The van der Waals surface area contributed by atoms with Crippen LogP contribution in [-0.2, 0) is 0 Å². The molecule has 108 valence electrons. The maximum Gasteiger partial charge on any atom is 0.128 e. The summed E-state index contributed by atoms with van der Waals surface area (Å²) < 4.78 is 2.42. The smallest absolute Gasteiger partial charge is 0.128 e. The number of hydrogen-bond donors (Lipinski definition) is 0. The molecule has 1 aromatic heterocycles. The Kier molecular flexibility index (Phi) is 4.27. The van der Waals surface area contributed by atoms with Crippen molar-refractivity contribution in [1.82, 2.24) is 9.55 Å². The molecule has 3 unspecified atom stereocenters. The van der Waals surface area contributed by atoms with Gasteiger partial charge in [-0.25, -0.2) is 4.98 Å². The van der Waals surface area contributed by atoms with E-state index in [1.165, 1.54) is 30.5 Å². The number of benzene rings is 1. The quantitative estimate of drug-likeness (QED) is 0.724. The van der Waals surface area contributed by atoms with Crippen molar-refractivity contribution in [3.63, 3.8) is 0 Å². The van der Waals surface area contributed by atoms with Gasteiger partial charge in [-0.2, -0.15) is 11.8 Å². The molecule has 0 radical (unpaired) electrons. The Morgan fingerprint density at radius 2 is 2.20 bits per heavy atom. The van der Waals surface area contributed by atoms with Crippen LogP contribution >= 0.6 is 23.4 Å². The average Bonchev–Trinajstić information content (AvgIpc) is 3.02. The minimum absolute atomic E-state index is 0.0460. The maximum absolute atomic E-state index is 6.39. The first-order valence-electron chi connectivity index (χ1n) is 7.45. The largest absolute Gasteiger partial charge is 0.322 e. The Morgan fingerprint density at radius 3 is 2.95 bits per heavy atom. The molecule has 0 spiro atoms. The lowest BCUT2D eigenvalue weighted by molar-refractivity contribution is 0.519. The van der Waals surface area contributed by atoms with E-state index in [0.29, 0.717) is 11.3 Å². The van der Waals surface area contributed by atoms with E-state index >= 15 is 0 Å². The van der Waals surface area contributed by atoms with E-state index in [9.17, 15) is 0 Å². The SMILES string of the molecule is CCSC1CCCC1n1c(C(C)Cl)nc2ccccc21. The molecule has 3 rings (SSSR count). The third-order valence-electron chi connectivity index (χ3n) is 4.11. The lowest BCUT2D eigenvalue weighted by Gasteiger charge is -2.24. The zero-order valence-corrected chi connectivity index (χ0v) is 13.6. The highest BCUT2D eigenvalue weighted by Gasteiger charge is 2.32. The van der Waals surface area contributed by atoms with Gasteiger partial charge >= 0.3 is 0 Å². The van der Waals surface area contributed by atoms with Gasteiger partial charge in [-0.1, -0.05) is 25.5 Å². The molecular formula is C16H21ClN2S. The first kappa shape index (κ1) is 14.3. The molecule has 2 nitrogen and oxygen atoms in total. The van der Waals surface area contributed by atoms with Gasteiger partial charge in [-0.05, 0) is 37.7 Å². The van der Waals surface area contributed by atoms with Crippen LogP contribution in [0, 0.1) is 0 Å². The van der Waals surface area contributed by atoms with Gasteiger partial charge in [0, 0.05) is 11.3 Å². The second kappa shape index (κ2) is 5.98. The molecule has 3 atom stereocenters. The van der Waals surface area contributed by atoms with Crippen LogP contribution in [0.5, 0.6) is 0 Å². The third kappa shape index (κ3) is 2.46. The highest BCUT2D eigenvalue weighted by Crippen LogP contribution is 2.42. The molecular weight excluding hydrogens is 288 g/mol. The first-order valence-corrected chi connectivity index (χ1v) is 8.93. The molecule has 20 heavy (non-hydrogen) atoms. The summed E-state index contributed by atoms with van der Waals surface area (Å²) in [5.74, 6) is 2.21. The van der Waals surface area contributed by atoms with Gasteiger partial charge in [0.2, 0.25) is 0 Å². The molecule has 0 bridgehead atoms. The van der Waals surface area contributed by atoms with E-state index in [1.54, 1.807) is 0 Å². The standard InChI is InChI=1S/C16H21ClN2S/c1-3-20-15-10-6-9-14(15)19-13-8-5-4-7-12(13)18-16(19)11(2)17/h4-5,7-8,11,14-15H,3,6,9-10H2,1-2H3. The number of para-hydroxylation sites is 2. The molecule has 1 saturated carbocycles. The number of imidazole rings is 1. The van der Waals surface area contributed by atoms with Crippen molar-refractivity contribution in [2.75, 3.05) is 5.75 Å². The van der Waals surface area contributed by atoms with E-state index in [-0.39, 0.29) is 5.38 Å². The number of hydrogen-bond acceptors (Lipinski definition) is 2. The Labute approximate surface area is 129 Å². The van der Waals surface area contributed by atoms with E-state index in [4.69, 9.17) is 16.6 Å². The number of halogens is 1. The predicted octanol–water partition coefficient (Wildman–Crippen LogP) is 5.18. The molecule has 2 aromatic rings. The van der Waals surface area contributed by atoms with Gasteiger partial charge in [0.15, 0.2) is 0 Å². The molecule has 1 aliphatic rings. The lowest BCUT2D eigenvalue weighted by atomic mass is 10.2. The number of nitrogens with zero attached hydrogens (tertiary/aromatic N) is 2. The summed E-state index contributed by atoms with van der Waals surface area (Å²) in [6.45, 7) is 4.27. The number of aromatic nitrogens is 2. The van der Waals surface area contributed by atoms with Gasteiger partial charge in [0.25, 0.3) is 0 Å². The molecule has 0 aliphatic heterocycles. The van der Waals surface area contributed by atoms with Crippen molar-refractivity contribution in [3.8, 4) is 0 Å². The van der Waals surface area contributed by atoms with Crippen molar-refractivity contribution in [2.24, 2.45) is 0 Å². The summed E-state index contributed by atoms with van der Waals surface area (Å²) in [6.07, 6.45) is 3.87. The van der Waals surface area contributed by atoms with Crippen molar-refractivity contribution in [1.29, 1.82) is 0 Å². The van der Waals surface area contributed by atoms with Gasteiger partial charge < -0.3 is 4.57 Å². The summed E-state index contributed by atoms with van der Waals surface area (Å²) in [5.41, 5.74) is 2.31. The fraction of sp³-hybridized carbons (Fsp3) is 0.562. The average molecular weight is 309 g/mol. The summed E-state index contributed by atoms with van der Waals surface area (Å²) >= 11 is 8.48. The number of fused-ring (bicyclic) bond motifs is 1. The molecule has 0 amide bonds. The van der Waals surface area contributed by atoms with Crippen LogP contribution in [0.15, 0.2) is 24.3 Å². The lowest BCUT2D eigenvalue weighted by Crippen LogP contribution is -2.19. The van der Waals surface area contributed by atoms with Crippen LogP contribution < -0.4 is 0 Å². The van der Waals surface area contributed by atoms with Crippen molar-refractivity contribution < 1.29 is 0 Å². The van der Waals surface area contributed by atoms with Crippen LogP contribution in [0.25, 0.3) is 11.0 Å². The molecule has 4 heteroatoms. The Balaban J connectivity index is 2.11. The van der Waals surface area contributed by atoms with Gasteiger partial charge in [0.05, 0.1) is 16.4 Å². The van der Waals surface area contributed by atoms with Crippen molar-refractivity contribution in [2.45, 2.75) is 49.8 Å². The van der Waals surface area contributed by atoms with Crippen molar-refractivity contribution in [3.05, 3.63) is 30.1 Å². The Bertz CT molecular complexity index is 593. The third-order valence-corrected chi connectivity index (χ3v) is 5.62. The van der Waals surface area contributed by atoms with Crippen LogP contribution in [-0.4, -0.2) is 20.6 Å². The molecule has 1 aliphatic carbocycles.